The smallest absolute Gasteiger partial charge is 0.264 e. The topological polar surface area (TPSA) is 50.7 Å². The summed E-state index contributed by atoms with van der Waals surface area (Å²) in [5, 5.41) is 3.40. The number of thioether (sulfide) groups is 1. The van der Waals surface area contributed by atoms with Crippen molar-refractivity contribution in [3.63, 3.8) is 0 Å². The molecular weight excluding hydrogens is 745 g/mol. The Bertz CT molecular complexity index is 1310. The molecule has 4 rings (SSSR count). The number of ether oxygens (including phenoxy) is 1. The average Bonchev–Trinajstić information content (AvgIpc) is 3.09. The van der Waals surface area contributed by atoms with Crippen LogP contribution in [0.25, 0.3) is 6.08 Å². The summed E-state index contributed by atoms with van der Waals surface area (Å²) < 4.78 is 22.3. The molecule has 174 valence electrons. The van der Waals surface area contributed by atoms with Crippen LogP contribution in [0.4, 0.5) is 10.1 Å². The minimum atomic E-state index is -0.284. The molecule has 0 aliphatic carbocycles. The SMILES string of the molecule is Cc1cc(N=C2NC(=O)/C(=C/c3cc(I)c(OCc4cccc(F)c4)c(I)c3)S2)cc(C)c1Br. The Kier molecular flexibility index (Phi) is 8.36. The molecule has 0 radical (unpaired) electrons. The number of nitrogens with one attached hydrogen (secondary N) is 1. The van der Waals surface area contributed by atoms with Gasteiger partial charge in [-0.2, -0.15) is 0 Å². The molecule has 0 unspecified atom stereocenters. The fraction of sp³-hybridized carbons (Fsp3) is 0.120. The molecule has 9 heteroatoms. The van der Waals surface area contributed by atoms with Gasteiger partial charge in [-0.3, -0.25) is 4.79 Å². The molecule has 0 atom stereocenters. The van der Waals surface area contributed by atoms with Gasteiger partial charge in [-0.25, -0.2) is 9.38 Å². The van der Waals surface area contributed by atoms with Crippen molar-refractivity contribution in [1.29, 1.82) is 0 Å². The van der Waals surface area contributed by atoms with E-state index in [4.69, 9.17) is 4.74 Å². The number of benzene rings is 3. The van der Waals surface area contributed by atoms with E-state index in [1.807, 2.05) is 50.3 Å². The third-order valence-electron chi connectivity index (χ3n) is 4.89. The Labute approximate surface area is 237 Å². The van der Waals surface area contributed by atoms with Crippen molar-refractivity contribution in [2.24, 2.45) is 4.99 Å². The predicted molar refractivity (Wildman–Crippen MR) is 157 cm³/mol. The maximum Gasteiger partial charge on any atom is 0.264 e. The van der Waals surface area contributed by atoms with E-state index >= 15 is 0 Å². The molecule has 1 amide bonds. The van der Waals surface area contributed by atoms with Gasteiger partial charge in [-0.1, -0.05) is 28.1 Å². The molecule has 1 aliphatic heterocycles. The quantitative estimate of drug-likeness (QED) is 0.213. The van der Waals surface area contributed by atoms with E-state index in [0.29, 0.717) is 10.1 Å². The lowest BCUT2D eigenvalue weighted by molar-refractivity contribution is -0.115. The minimum Gasteiger partial charge on any atom is -0.487 e. The Balaban J connectivity index is 1.52. The Morgan fingerprint density at radius 3 is 2.44 bits per heavy atom. The van der Waals surface area contributed by atoms with Crippen LogP contribution in [0, 0.1) is 26.8 Å². The molecular formula is C25H18BrFI2N2O2S. The van der Waals surface area contributed by atoms with Crippen molar-refractivity contribution in [3.8, 4) is 5.75 Å². The van der Waals surface area contributed by atoms with Crippen molar-refractivity contribution in [2.45, 2.75) is 20.5 Å². The maximum atomic E-state index is 13.4. The first kappa shape index (κ1) is 25.6. The highest BCUT2D eigenvalue weighted by molar-refractivity contribution is 14.1. The zero-order chi connectivity index (χ0) is 24.4. The maximum absolute atomic E-state index is 13.4. The summed E-state index contributed by atoms with van der Waals surface area (Å²) in [6, 6.07) is 14.2. The number of carbonyl (C=O) groups excluding carboxylic acids is 1. The summed E-state index contributed by atoms with van der Waals surface area (Å²) in [6.45, 7) is 4.31. The summed E-state index contributed by atoms with van der Waals surface area (Å²) in [6.07, 6.45) is 1.85. The van der Waals surface area contributed by atoms with E-state index in [1.165, 1.54) is 23.9 Å². The molecule has 0 bridgehead atoms. The molecule has 0 aromatic heterocycles. The Hall–Kier alpha value is -1.44. The lowest BCUT2D eigenvalue weighted by Gasteiger charge is -2.12. The second kappa shape index (κ2) is 11.1. The van der Waals surface area contributed by atoms with Crippen molar-refractivity contribution >= 4 is 95.7 Å². The molecule has 0 saturated carbocycles. The number of amides is 1. The van der Waals surface area contributed by atoms with Crippen LogP contribution < -0.4 is 10.1 Å². The first-order valence-electron chi connectivity index (χ1n) is 10.1. The van der Waals surface area contributed by atoms with Crippen LogP contribution in [0.3, 0.4) is 0 Å². The van der Waals surface area contributed by atoms with Crippen molar-refractivity contribution in [2.75, 3.05) is 0 Å². The van der Waals surface area contributed by atoms with E-state index in [-0.39, 0.29) is 18.3 Å². The highest BCUT2D eigenvalue weighted by Crippen LogP contribution is 2.34. The predicted octanol–water partition coefficient (Wildman–Crippen LogP) is 7.88. The monoisotopic (exact) mass is 762 g/mol. The molecule has 1 N–H and O–H groups in total. The number of amidine groups is 1. The van der Waals surface area contributed by atoms with E-state index in [0.717, 1.165) is 45.3 Å². The minimum absolute atomic E-state index is 0.175. The van der Waals surface area contributed by atoms with Gasteiger partial charge in [0.15, 0.2) is 5.17 Å². The number of rotatable bonds is 5. The molecule has 3 aromatic carbocycles. The highest BCUT2D eigenvalue weighted by Gasteiger charge is 2.24. The van der Waals surface area contributed by atoms with Crippen LogP contribution in [-0.4, -0.2) is 11.1 Å². The van der Waals surface area contributed by atoms with Crippen molar-refractivity contribution in [3.05, 3.63) is 93.1 Å². The third-order valence-corrected chi connectivity index (χ3v) is 8.66. The number of aryl methyl sites for hydroxylation is 2. The summed E-state index contributed by atoms with van der Waals surface area (Å²) in [7, 11) is 0. The van der Waals surface area contributed by atoms with Crippen LogP contribution in [0.5, 0.6) is 5.75 Å². The van der Waals surface area contributed by atoms with Crippen LogP contribution in [0.1, 0.15) is 22.3 Å². The molecule has 34 heavy (non-hydrogen) atoms. The lowest BCUT2D eigenvalue weighted by atomic mass is 10.1. The second-order valence-electron chi connectivity index (χ2n) is 7.61. The van der Waals surface area contributed by atoms with Gasteiger partial charge in [-0.05, 0) is 136 Å². The van der Waals surface area contributed by atoms with Gasteiger partial charge in [0.2, 0.25) is 0 Å². The molecule has 0 spiro atoms. The fourth-order valence-corrected chi connectivity index (χ4v) is 6.52. The lowest BCUT2D eigenvalue weighted by Crippen LogP contribution is -2.19. The zero-order valence-corrected chi connectivity index (χ0v) is 24.8. The van der Waals surface area contributed by atoms with Crippen molar-refractivity contribution in [1.82, 2.24) is 5.32 Å². The number of aliphatic imine (C=N–C) groups is 1. The number of hydrogen-bond donors (Lipinski definition) is 1. The van der Waals surface area contributed by atoms with Gasteiger partial charge in [-0.15, -0.1) is 0 Å². The van der Waals surface area contributed by atoms with E-state index in [1.54, 1.807) is 6.07 Å². The fourth-order valence-electron chi connectivity index (χ4n) is 3.32. The average molecular weight is 763 g/mol. The second-order valence-corrected chi connectivity index (χ2v) is 11.8. The van der Waals surface area contributed by atoms with Gasteiger partial charge in [0.25, 0.3) is 5.91 Å². The highest BCUT2D eigenvalue weighted by atomic mass is 127. The van der Waals surface area contributed by atoms with Crippen molar-refractivity contribution < 1.29 is 13.9 Å². The molecule has 1 fully saturated rings. The largest absolute Gasteiger partial charge is 0.487 e. The number of nitrogens with zero attached hydrogens (tertiary/aromatic N) is 1. The Morgan fingerprint density at radius 2 is 1.79 bits per heavy atom. The summed E-state index contributed by atoms with van der Waals surface area (Å²) in [5.41, 5.74) is 4.63. The van der Waals surface area contributed by atoms with Gasteiger partial charge in [0.05, 0.1) is 17.7 Å². The van der Waals surface area contributed by atoms with E-state index in [9.17, 15) is 9.18 Å². The standard InChI is InChI=1S/C25H18BrFI2N2O2S/c1-13-6-18(7-14(2)22(13)26)30-25-31-24(32)21(34-25)11-16-9-19(28)23(20(29)10-16)33-12-15-4-3-5-17(27)8-15/h3-11H,12H2,1-2H3,(H,30,31,32)/b21-11-. The van der Waals surface area contributed by atoms with Gasteiger partial charge in [0, 0.05) is 4.47 Å². The van der Waals surface area contributed by atoms with E-state index < -0.39 is 0 Å². The number of carbonyl (C=O) groups is 1. The molecule has 1 aliphatic rings. The summed E-state index contributed by atoms with van der Waals surface area (Å²) in [4.78, 5) is 17.7. The van der Waals surface area contributed by atoms with Gasteiger partial charge in [0.1, 0.15) is 18.2 Å². The normalized spacial score (nSPS) is 15.8. The summed E-state index contributed by atoms with van der Waals surface area (Å²) in [5.74, 6) is 0.276. The van der Waals surface area contributed by atoms with Gasteiger partial charge < -0.3 is 10.1 Å². The molecule has 1 saturated heterocycles. The van der Waals surface area contributed by atoms with Crippen LogP contribution in [-0.2, 0) is 11.4 Å². The molecule has 3 aromatic rings. The first-order chi connectivity index (χ1) is 16.2. The van der Waals surface area contributed by atoms with Crippen LogP contribution >= 0.6 is 72.9 Å². The Morgan fingerprint density at radius 1 is 1.12 bits per heavy atom. The number of halogens is 4. The van der Waals surface area contributed by atoms with Crippen LogP contribution in [0.2, 0.25) is 0 Å². The summed E-state index contributed by atoms with van der Waals surface area (Å²) >= 11 is 9.31. The first-order valence-corrected chi connectivity index (χ1v) is 13.9. The molecule has 1 heterocycles. The molecule has 4 nitrogen and oxygen atoms in total. The van der Waals surface area contributed by atoms with Gasteiger partial charge >= 0.3 is 0 Å². The third kappa shape index (κ3) is 6.21. The van der Waals surface area contributed by atoms with E-state index in [2.05, 4.69) is 71.4 Å². The zero-order valence-electron chi connectivity index (χ0n) is 18.1. The number of hydrogen-bond acceptors (Lipinski definition) is 4. The van der Waals surface area contributed by atoms with Crippen LogP contribution in [0.15, 0.2) is 62.9 Å².